The number of aryl methyl sites for hydroxylation is 2. The summed E-state index contributed by atoms with van der Waals surface area (Å²) in [4.78, 5) is 0. The van der Waals surface area contributed by atoms with E-state index in [0.29, 0.717) is 6.04 Å². The molecule has 1 saturated heterocycles. The van der Waals surface area contributed by atoms with Crippen molar-refractivity contribution >= 4 is 0 Å². The van der Waals surface area contributed by atoms with Crippen molar-refractivity contribution in [2.24, 2.45) is 0 Å². The van der Waals surface area contributed by atoms with Gasteiger partial charge in [-0.25, -0.2) is 0 Å². The van der Waals surface area contributed by atoms with E-state index in [-0.39, 0.29) is 0 Å². The smallest absolute Gasteiger partial charge is 0.124 e. The van der Waals surface area contributed by atoms with Gasteiger partial charge in [0.1, 0.15) is 5.75 Å². The maximum Gasteiger partial charge on any atom is 0.124 e. The fraction of sp³-hybridized carbons (Fsp3) is 0.538. The second-order valence-electron chi connectivity index (χ2n) is 4.40. The lowest BCUT2D eigenvalue weighted by Gasteiger charge is -2.26. The highest BCUT2D eigenvalue weighted by molar-refractivity contribution is 5.44. The topological polar surface area (TPSA) is 33.3 Å². The van der Waals surface area contributed by atoms with Crippen LogP contribution < -0.4 is 15.4 Å². The monoisotopic (exact) mass is 220 g/mol. The van der Waals surface area contributed by atoms with E-state index in [2.05, 4.69) is 36.6 Å². The minimum Gasteiger partial charge on any atom is -0.496 e. The molecule has 0 bridgehead atoms. The van der Waals surface area contributed by atoms with Crippen LogP contribution in [-0.2, 0) is 0 Å². The molecule has 2 N–H and O–H groups in total. The molecule has 1 heterocycles. The number of piperazine rings is 1. The van der Waals surface area contributed by atoms with Crippen LogP contribution in [0.15, 0.2) is 12.1 Å². The lowest BCUT2D eigenvalue weighted by Crippen LogP contribution is -2.42. The molecule has 0 spiro atoms. The van der Waals surface area contributed by atoms with Crippen LogP contribution in [0, 0.1) is 13.8 Å². The molecular weight excluding hydrogens is 200 g/mol. The van der Waals surface area contributed by atoms with E-state index < -0.39 is 0 Å². The predicted octanol–water partition coefficient (Wildman–Crippen LogP) is 1.55. The number of hydrogen-bond donors (Lipinski definition) is 2. The molecule has 0 amide bonds. The zero-order valence-electron chi connectivity index (χ0n) is 10.3. The van der Waals surface area contributed by atoms with Gasteiger partial charge in [0.25, 0.3) is 0 Å². The third kappa shape index (κ3) is 2.20. The summed E-state index contributed by atoms with van der Waals surface area (Å²) in [6.07, 6.45) is 0. The van der Waals surface area contributed by atoms with Crippen molar-refractivity contribution in [2.75, 3.05) is 26.7 Å². The second kappa shape index (κ2) is 4.85. The molecule has 1 aliphatic rings. The van der Waals surface area contributed by atoms with E-state index in [1.165, 1.54) is 16.7 Å². The normalized spacial score (nSPS) is 20.8. The molecule has 1 fully saturated rings. The van der Waals surface area contributed by atoms with Crippen molar-refractivity contribution in [1.29, 1.82) is 0 Å². The average Bonchev–Trinajstić information content (AvgIpc) is 2.30. The summed E-state index contributed by atoms with van der Waals surface area (Å²) in [7, 11) is 1.73. The molecule has 1 atom stereocenters. The average molecular weight is 220 g/mol. The first-order valence-corrected chi connectivity index (χ1v) is 5.81. The van der Waals surface area contributed by atoms with Gasteiger partial charge in [-0.3, -0.25) is 0 Å². The summed E-state index contributed by atoms with van der Waals surface area (Å²) >= 11 is 0. The summed E-state index contributed by atoms with van der Waals surface area (Å²) < 4.78 is 5.38. The Hall–Kier alpha value is -1.06. The lowest BCUT2D eigenvalue weighted by molar-refractivity contribution is 0.405. The van der Waals surface area contributed by atoms with E-state index in [9.17, 15) is 0 Å². The van der Waals surface area contributed by atoms with Crippen LogP contribution in [0.3, 0.4) is 0 Å². The van der Waals surface area contributed by atoms with Crippen molar-refractivity contribution < 1.29 is 4.74 Å². The summed E-state index contributed by atoms with van der Waals surface area (Å²) in [5.41, 5.74) is 3.78. The van der Waals surface area contributed by atoms with Crippen molar-refractivity contribution in [3.8, 4) is 5.75 Å². The SMILES string of the molecule is COc1c(C)cc([C@H]2CNCCN2)cc1C. The highest BCUT2D eigenvalue weighted by atomic mass is 16.5. The molecule has 0 saturated carbocycles. The first-order chi connectivity index (χ1) is 7.72. The number of benzene rings is 1. The Labute approximate surface area is 97.2 Å². The Morgan fingerprint density at radius 2 is 1.88 bits per heavy atom. The van der Waals surface area contributed by atoms with Gasteiger partial charge in [-0.1, -0.05) is 12.1 Å². The second-order valence-corrected chi connectivity index (χ2v) is 4.40. The molecule has 0 unspecified atom stereocenters. The zero-order chi connectivity index (χ0) is 11.5. The van der Waals surface area contributed by atoms with Gasteiger partial charge in [0, 0.05) is 25.7 Å². The van der Waals surface area contributed by atoms with Crippen molar-refractivity contribution in [2.45, 2.75) is 19.9 Å². The largest absolute Gasteiger partial charge is 0.496 e. The lowest BCUT2D eigenvalue weighted by atomic mass is 9.99. The van der Waals surface area contributed by atoms with Gasteiger partial charge in [-0.15, -0.1) is 0 Å². The fourth-order valence-corrected chi connectivity index (χ4v) is 2.40. The maximum atomic E-state index is 5.38. The fourth-order valence-electron chi connectivity index (χ4n) is 2.40. The van der Waals surface area contributed by atoms with Crippen LogP contribution in [0.4, 0.5) is 0 Å². The van der Waals surface area contributed by atoms with E-state index in [1.807, 2.05) is 0 Å². The number of methoxy groups -OCH3 is 1. The molecule has 88 valence electrons. The molecule has 1 aromatic rings. The van der Waals surface area contributed by atoms with Crippen LogP contribution in [0.1, 0.15) is 22.7 Å². The van der Waals surface area contributed by atoms with Gasteiger partial charge in [0.15, 0.2) is 0 Å². The molecule has 0 aromatic heterocycles. The van der Waals surface area contributed by atoms with Crippen molar-refractivity contribution in [3.63, 3.8) is 0 Å². The Balaban J connectivity index is 2.28. The van der Waals surface area contributed by atoms with Gasteiger partial charge in [0.05, 0.1) is 7.11 Å². The third-order valence-electron chi connectivity index (χ3n) is 3.13. The van der Waals surface area contributed by atoms with E-state index >= 15 is 0 Å². The highest BCUT2D eigenvalue weighted by Crippen LogP contribution is 2.27. The maximum absolute atomic E-state index is 5.38. The molecular formula is C13H20N2O. The third-order valence-corrected chi connectivity index (χ3v) is 3.13. The van der Waals surface area contributed by atoms with Crippen LogP contribution in [0.2, 0.25) is 0 Å². The summed E-state index contributed by atoms with van der Waals surface area (Å²) in [6.45, 7) is 7.31. The van der Waals surface area contributed by atoms with Crippen LogP contribution in [0.25, 0.3) is 0 Å². The molecule has 0 aliphatic carbocycles. The highest BCUT2D eigenvalue weighted by Gasteiger charge is 2.16. The summed E-state index contributed by atoms with van der Waals surface area (Å²) in [5.74, 6) is 1.01. The summed E-state index contributed by atoms with van der Waals surface area (Å²) in [6, 6.07) is 4.87. The number of ether oxygens (including phenoxy) is 1. The first-order valence-electron chi connectivity index (χ1n) is 5.81. The molecule has 1 aromatic carbocycles. The molecule has 0 radical (unpaired) electrons. The van der Waals surface area contributed by atoms with Gasteiger partial charge < -0.3 is 15.4 Å². The quantitative estimate of drug-likeness (QED) is 0.793. The molecule has 2 rings (SSSR count). The Kier molecular flexibility index (Phi) is 3.46. The van der Waals surface area contributed by atoms with Gasteiger partial charge >= 0.3 is 0 Å². The van der Waals surface area contributed by atoms with Crippen molar-refractivity contribution in [1.82, 2.24) is 10.6 Å². The van der Waals surface area contributed by atoms with E-state index in [1.54, 1.807) is 7.11 Å². The number of rotatable bonds is 2. The minimum atomic E-state index is 0.428. The molecule has 1 aliphatic heterocycles. The summed E-state index contributed by atoms with van der Waals surface area (Å²) in [5, 5.41) is 6.93. The molecule has 3 nitrogen and oxygen atoms in total. The molecule has 3 heteroatoms. The Bertz CT molecular complexity index is 347. The predicted molar refractivity (Wildman–Crippen MR) is 66.1 cm³/mol. The van der Waals surface area contributed by atoms with E-state index in [4.69, 9.17) is 4.74 Å². The standard InChI is InChI=1S/C13H20N2O/c1-9-6-11(7-10(2)13(9)16-3)12-8-14-4-5-15-12/h6-7,12,14-15H,4-5,8H2,1-3H3/t12-/m1/s1. The number of nitrogens with one attached hydrogen (secondary N) is 2. The Morgan fingerprint density at radius 1 is 1.19 bits per heavy atom. The van der Waals surface area contributed by atoms with Gasteiger partial charge in [-0.05, 0) is 30.5 Å². The first kappa shape index (κ1) is 11.4. The number of hydrogen-bond acceptors (Lipinski definition) is 3. The van der Waals surface area contributed by atoms with Crippen molar-refractivity contribution in [3.05, 3.63) is 28.8 Å². The van der Waals surface area contributed by atoms with Gasteiger partial charge in [0.2, 0.25) is 0 Å². The van der Waals surface area contributed by atoms with Crippen LogP contribution in [-0.4, -0.2) is 26.7 Å². The van der Waals surface area contributed by atoms with Crippen LogP contribution in [0.5, 0.6) is 5.75 Å². The molecule has 16 heavy (non-hydrogen) atoms. The van der Waals surface area contributed by atoms with E-state index in [0.717, 1.165) is 25.4 Å². The zero-order valence-corrected chi connectivity index (χ0v) is 10.3. The minimum absolute atomic E-state index is 0.428. The van der Waals surface area contributed by atoms with Crippen LogP contribution >= 0.6 is 0 Å². The van der Waals surface area contributed by atoms with Gasteiger partial charge in [-0.2, -0.15) is 0 Å². The Morgan fingerprint density at radius 3 is 2.38 bits per heavy atom.